The molecule has 1 aliphatic rings. The van der Waals surface area contributed by atoms with Crippen LogP contribution in [0.5, 0.6) is 0 Å². The van der Waals surface area contributed by atoms with Gasteiger partial charge in [0, 0.05) is 31.5 Å². The first-order chi connectivity index (χ1) is 11.6. The Balaban J connectivity index is 2.06. The molecule has 1 atom stereocenters. The van der Waals surface area contributed by atoms with Crippen LogP contribution in [0.25, 0.3) is 0 Å². The Labute approximate surface area is 138 Å². The van der Waals surface area contributed by atoms with Crippen LogP contribution in [0.3, 0.4) is 0 Å². The molecular formula is C17H17FN4O2. The van der Waals surface area contributed by atoms with Gasteiger partial charge < -0.3 is 10.2 Å². The molecular weight excluding hydrogens is 311 g/mol. The highest BCUT2D eigenvalue weighted by molar-refractivity contribution is 6.00. The molecule has 0 saturated carbocycles. The summed E-state index contributed by atoms with van der Waals surface area (Å²) in [6.45, 7) is 0.417. The van der Waals surface area contributed by atoms with E-state index in [1.807, 2.05) is 0 Å². The van der Waals surface area contributed by atoms with Crippen LogP contribution in [-0.2, 0) is 10.3 Å². The van der Waals surface area contributed by atoms with Gasteiger partial charge in [-0.3, -0.25) is 19.6 Å². The summed E-state index contributed by atoms with van der Waals surface area (Å²) < 4.78 is 13.1. The van der Waals surface area contributed by atoms with Crippen molar-refractivity contribution in [1.29, 1.82) is 0 Å². The minimum Gasteiger partial charge on any atom is -0.357 e. The van der Waals surface area contributed by atoms with E-state index in [1.54, 1.807) is 0 Å². The molecule has 1 saturated heterocycles. The molecule has 0 bridgehead atoms. The van der Waals surface area contributed by atoms with E-state index in [-0.39, 0.29) is 11.8 Å². The lowest BCUT2D eigenvalue weighted by atomic mass is 9.90. The summed E-state index contributed by atoms with van der Waals surface area (Å²) in [5.74, 6) is -1.06. The van der Waals surface area contributed by atoms with Crippen LogP contribution in [-0.4, -0.2) is 40.3 Å². The normalized spacial score (nSPS) is 20.0. The zero-order chi connectivity index (χ0) is 17.2. The number of aromatic nitrogens is 2. The lowest BCUT2D eigenvalue weighted by molar-refractivity contribution is -0.131. The molecule has 2 aromatic rings. The lowest BCUT2D eigenvalue weighted by Crippen LogP contribution is -2.54. The summed E-state index contributed by atoms with van der Waals surface area (Å²) in [7, 11) is 1.53. The van der Waals surface area contributed by atoms with Crippen molar-refractivity contribution in [2.45, 2.75) is 18.4 Å². The molecule has 0 radical (unpaired) electrons. The molecule has 2 heterocycles. The second kappa shape index (κ2) is 6.35. The highest BCUT2D eigenvalue weighted by atomic mass is 19.1. The van der Waals surface area contributed by atoms with Gasteiger partial charge in [0.05, 0.1) is 11.9 Å². The Kier molecular flexibility index (Phi) is 4.24. The van der Waals surface area contributed by atoms with Gasteiger partial charge in [-0.25, -0.2) is 4.39 Å². The smallest absolute Gasteiger partial charge is 0.255 e. The fourth-order valence-corrected chi connectivity index (χ4v) is 3.18. The molecule has 0 spiro atoms. The van der Waals surface area contributed by atoms with Crippen LogP contribution in [0, 0.1) is 5.82 Å². The van der Waals surface area contributed by atoms with Crippen molar-refractivity contribution < 1.29 is 14.0 Å². The van der Waals surface area contributed by atoms with Crippen molar-refractivity contribution in [3.63, 3.8) is 0 Å². The maximum atomic E-state index is 13.1. The standard InChI is InChI=1S/C17H17FN4O2/c1-19-16(24)17(14-11-20-8-9-21-14)7-2-10-22(17)15(23)12-3-5-13(18)6-4-12/h3-6,8-9,11H,2,7,10H2,1H3,(H,19,24)/t17-/m1/s1. The molecule has 2 amide bonds. The molecule has 124 valence electrons. The predicted octanol–water partition coefficient (Wildman–Crippen LogP) is 1.49. The number of likely N-dealkylation sites (N-methyl/N-ethyl adjacent to an activating group) is 1. The van der Waals surface area contributed by atoms with Gasteiger partial charge in [0.15, 0.2) is 5.54 Å². The number of hydrogen-bond donors (Lipinski definition) is 1. The number of rotatable bonds is 3. The predicted molar refractivity (Wildman–Crippen MR) is 84.4 cm³/mol. The van der Waals surface area contributed by atoms with Crippen LogP contribution in [0.4, 0.5) is 4.39 Å². The van der Waals surface area contributed by atoms with E-state index in [0.717, 1.165) is 0 Å². The first kappa shape index (κ1) is 16.0. The number of likely N-dealkylation sites (tertiary alicyclic amines) is 1. The zero-order valence-corrected chi connectivity index (χ0v) is 13.2. The van der Waals surface area contributed by atoms with E-state index >= 15 is 0 Å². The minimum atomic E-state index is -1.20. The van der Waals surface area contributed by atoms with Crippen LogP contribution in [0.15, 0.2) is 42.9 Å². The summed E-state index contributed by atoms with van der Waals surface area (Å²) in [6.07, 6.45) is 5.64. The third kappa shape index (κ3) is 2.51. The molecule has 0 unspecified atom stereocenters. The van der Waals surface area contributed by atoms with E-state index in [2.05, 4.69) is 15.3 Å². The van der Waals surface area contributed by atoms with Gasteiger partial charge in [-0.05, 0) is 37.1 Å². The summed E-state index contributed by atoms with van der Waals surface area (Å²) in [6, 6.07) is 5.29. The second-order valence-electron chi connectivity index (χ2n) is 5.60. The lowest BCUT2D eigenvalue weighted by Gasteiger charge is -2.36. The van der Waals surface area contributed by atoms with Gasteiger partial charge in [-0.1, -0.05) is 0 Å². The van der Waals surface area contributed by atoms with Crippen molar-refractivity contribution in [3.8, 4) is 0 Å². The molecule has 1 aromatic carbocycles. The summed E-state index contributed by atoms with van der Waals surface area (Å²) in [5.41, 5.74) is -0.443. The average molecular weight is 328 g/mol. The Morgan fingerprint density at radius 2 is 2.00 bits per heavy atom. The van der Waals surface area contributed by atoms with Gasteiger partial charge in [-0.15, -0.1) is 0 Å². The van der Waals surface area contributed by atoms with Gasteiger partial charge >= 0.3 is 0 Å². The van der Waals surface area contributed by atoms with Crippen molar-refractivity contribution in [3.05, 3.63) is 59.9 Å². The number of benzene rings is 1. The first-order valence-corrected chi connectivity index (χ1v) is 7.66. The third-order valence-electron chi connectivity index (χ3n) is 4.31. The molecule has 7 heteroatoms. The monoisotopic (exact) mass is 328 g/mol. The molecule has 1 aliphatic heterocycles. The Hall–Kier alpha value is -2.83. The average Bonchev–Trinajstić information content (AvgIpc) is 3.08. The summed E-state index contributed by atoms with van der Waals surface area (Å²) >= 11 is 0. The fourth-order valence-electron chi connectivity index (χ4n) is 3.18. The van der Waals surface area contributed by atoms with E-state index < -0.39 is 11.4 Å². The van der Waals surface area contributed by atoms with Crippen LogP contribution in [0.2, 0.25) is 0 Å². The molecule has 1 aromatic heterocycles. The Bertz CT molecular complexity index is 751. The van der Waals surface area contributed by atoms with Crippen LogP contribution >= 0.6 is 0 Å². The molecule has 3 rings (SSSR count). The molecule has 0 aliphatic carbocycles. The topological polar surface area (TPSA) is 75.2 Å². The van der Waals surface area contributed by atoms with Crippen LogP contribution < -0.4 is 5.32 Å². The number of amides is 2. The van der Waals surface area contributed by atoms with Crippen molar-refractivity contribution >= 4 is 11.8 Å². The number of carbonyl (C=O) groups excluding carboxylic acids is 2. The summed E-state index contributed by atoms with van der Waals surface area (Å²) in [5, 5.41) is 2.63. The third-order valence-corrected chi connectivity index (χ3v) is 4.31. The van der Waals surface area contributed by atoms with E-state index in [1.165, 1.54) is 54.8 Å². The van der Waals surface area contributed by atoms with Gasteiger partial charge in [0.25, 0.3) is 11.8 Å². The maximum Gasteiger partial charge on any atom is 0.255 e. The van der Waals surface area contributed by atoms with Gasteiger partial charge in [-0.2, -0.15) is 0 Å². The number of nitrogens with one attached hydrogen (secondary N) is 1. The zero-order valence-electron chi connectivity index (χ0n) is 13.2. The SMILES string of the molecule is CNC(=O)[C@]1(c2cnccn2)CCCN1C(=O)c1ccc(F)cc1. The maximum absolute atomic E-state index is 13.1. The van der Waals surface area contributed by atoms with Crippen molar-refractivity contribution in [1.82, 2.24) is 20.2 Å². The van der Waals surface area contributed by atoms with Gasteiger partial charge in [0.2, 0.25) is 0 Å². The fraction of sp³-hybridized carbons (Fsp3) is 0.294. The summed E-state index contributed by atoms with van der Waals surface area (Å²) in [4.78, 5) is 35.5. The van der Waals surface area contributed by atoms with Crippen LogP contribution in [0.1, 0.15) is 28.9 Å². The van der Waals surface area contributed by atoms with Gasteiger partial charge in [0.1, 0.15) is 5.82 Å². The second-order valence-corrected chi connectivity index (χ2v) is 5.60. The molecule has 1 N–H and O–H groups in total. The highest BCUT2D eigenvalue weighted by Crippen LogP contribution is 2.39. The molecule has 24 heavy (non-hydrogen) atoms. The minimum absolute atomic E-state index is 0.309. The Morgan fingerprint density at radius 3 is 2.62 bits per heavy atom. The quantitative estimate of drug-likeness (QED) is 0.926. The number of carbonyl (C=O) groups is 2. The van der Waals surface area contributed by atoms with E-state index in [4.69, 9.17) is 0 Å². The molecule has 1 fully saturated rings. The number of halogens is 1. The van der Waals surface area contributed by atoms with Crippen molar-refractivity contribution in [2.75, 3.05) is 13.6 Å². The van der Waals surface area contributed by atoms with E-state index in [0.29, 0.717) is 30.6 Å². The number of nitrogens with zero attached hydrogens (tertiary/aromatic N) is 3. The van der Waals surface area contributed by atoms with E-state index in [9.17, 15) is 14.0 Å². The molecule has 6 nitrogen and oxygen atoms in total. The number of hydrogen-bond acceptors (Lipinski definition) is 4. The first-order valence-electron chi connectivity index (χ1n) is 7.66. The van der Waals surface area contributed by atoms with Crippen molar-refractivity contribution in [2.24, 2.45) is 0 Å². The highest BCUT2D eigenvalue weighted by Gasteiger charge is 2.52. The largest absolute Gasteiger partial charge is 0.357 e. The Morgan fingerprint density at radius 1 is 1.25 bits per heavy atom.